The minimum atomic E-state index is 0.414. The molecule has 0 heterocycles. The predicted molar refractivity (Wildman–Crippen MR) is 35.7 cm³/mol. The highest BCUT2D eigenvalue weighted by molar-refractivity contribution is 4.83. The molecule has 0 saturated carbocycles. The van der Waals surface area contributed by atoms with Gasteiger partial charge in [-0.3, -0.25) is 0 Å². The molecule has 1 N–H and O–H groups in total. The van der Waals surface area contributed by atoms with Crippen molar-refractivity contribution in [3.63, 3.8) is 0 Å². The quantitative estimate of drug-likeness (QED) is 0.438. The molecule has 0 fully saturated rings. The normalized spacial score (nSPS) is 14.1. The number of hydrogen-bond donors (Lipinski definition) is 1. The van der Waals surface area contributed by atoms with E-state index in [1.807, 2.05) is 13.0 Å². The highest BCUT2D eigenvalue weighted by Crippen LogP contribution is 2.01. The Balaban J connectivity index is 3.31. The number of hydrogen-bond acceptors (Lipinski definition) is 1. The van der Waals surface area contributed by atoms with Crippen LogP contribution in [-0.2, 0) is 0 Å². The molecule has 0 spiro atoms. The summed E-state index contributed by atoms with van der Waals surface area (Å²) in [4.78, 5) is 0. The second-order valence-electron chi connectivity index (χ2n) is 1.84. The van der Waals surface area contributed by atoms with Crippen molar-refractivity contribution in [1.29, 1.82) is 0 Å². The maximum Gasteiger partial charge on any atom is 0.0754 e. The molecule has 0 aliphatic rings. The molecule has 0 saturated heterocycles. The summed E-state index contributed by atoms with van der Waals surface area (Å²) in [7, 11) is 0. The standard InChI is InChI=1S/C7H12O/c1-3-4-7(2)5-6-8/h3,5-8H,1,4H2,2H3. The summed E-state index contributed by atoms with van der Waals surface area (Å²) in [6.45, 7) is 5.59. The molecule has 0 aromatic heterocycles. The Hall–Kier alpha value is -0.720. The second kappa shape index (κ2) is 4.44. The van der Waals surface area contributed by atoms with Gasteiger partial charge in [-0.05, 0) is 18.4 Å². The van der Waals surface area contributed by atoms with E-state index >= 15 is 0 Å². The van der Waals surface area contributed by atoms with Crippen LogP contribution in [0.25, 0.3) is 0 Å². The topological polar surface area (TPSA) is 20.2 Å². The zero-order valence-corrected chi connectivity index (χ0v) is 5.17. The van der Waals surface area contributed by atoms with Gasteiger partial charge in [0, 0.05) is 0 Å². The van der Waals surface area contributed by atoms with Crippen molar-refractivity contribution in [2.24, 2.45) is 5.92 Å². The van der Waals surface area contributed by atoms with Crippen LogP contribution in [0.3, 0.4) is 0 Å². The van der Waals surface area contributed by atoms with Gasteiger partial charge in [0.2, 0.25) is 0 Å². The summed E-state index contributed by atoms with van der Waals surface area (Å²) in [5.74, 6) is 0.414. The fraction of sp³-hybridized carbons (Fsp3) is 0.429. The van der Waals surface area contributed by atoms with Gasteiger partial charge in [-0.15, -0.1) is 6.58 Å². The Labute approximate surface area is 50.3 Å². The van der Waals surface area contributed by atoms with Crippen LogP contribution in [0.4, 0.5) is 0 Å². The summed E-state index contributed by atoms with van der Waals surface area (Å²) in [5.41, 5.74) is 0. The van der Waals surface area contributed by atoms with Crippen molar-refractivity contribution in [2.75, 3.05) is 0 Å². The van der Waals surface area contributed by atoms with E-state index in [9.17, 15) is 0 Å². The summed E-state index contributed by atoms with van der Waals surface area (Å²) in [5, 5.41) is 8.25. The lowest BCUT2D eigenvalue weighted by atomic mass is 10.1. The van der Waals surface area contributed by atoms with Crippen molar-refractivity contribution in [2.45, 2.75) is 13.3 Å². The highest BCUT2D eigenvalue weighted by Gasteiger charge is 1.89. The van der Waals surface area contributed by atoms with Gasteiger partial charge in [0.05, 0.1) is 6.26 Å². The van der Waals surface area contributed by atoms with Crippen LogP contribution in [-0.4, -0.2) is 5.11 Å². The Morgan fingerprint density at radius 2 is 2.38 bits per heavy atom. The molecule has 0 aromatic carbocycles. The first-order valence-electron chi connectivity index (χ1n) is 2.73. The van der Waals surface area contributed by atoms with E-state index in [0.29, 0.717) is 5.92 Å². The first kappa shape index (κ1) is 7.28. The number of rotatable bonds is 3. The lowest BCUT2D eigenvalue weighted by molar-refractivity contribution is 0.465. The van der Waals surface area contributed by atoms with Crippen LogP contribution in [0.1, 0.15) is 13.3 Å². The number of aliphatic hydroxyl groups excluding tert-OH is 1. The molecular formula is C7H12O. The van der Waals surface area contributed by atoms with Crippen LogP contribution in [0.15, 0.2) is 25.0 Å². The first-order chi connectivity index (χ1) is 3.81. The maximum absolute atomic E-state index is 8.25. The lowest BCUT2D eigenvalue weighted by Crippen LogP contribution is -1.83. The van der Waals surface area contributed by atoms with E-state index in [-0.39, 0.29) is 0 Å². The van der Waals surface area contributed by atoms with Crippen molar-refractivity contribution < 1.29 is 5.11 Å². The molecule has 8 heavy (non-hydrogen) atoms. The van der Waals surface area contributed by atoms with E-state index in [2.05, 4.69) is 6.58 Å². The van der Waals surface area contributed by atoms with E-state index in [4.69, 9.17) is 5.11 Å². The number of aliphatic hydroxyl groups is 1. The Morgan fingerprint density at radius 1 is 1.75 bits per heavy atom. The summed E-state index contributed by atoms with van der Waals surface area (Å²) in [6, 6.07) is 0. The minimum Gasteiger partial charge on any atom is -0.516 e. The largest absolute Gasteiger partial charge is 0.516 e. The van der Waals surface area contributed by atoms with Crippen molar-refractivity contribution >= 4 is 0 Å². The third kappa shape index (κ3) is 3.47. The Bertz CT molecular complexity index is 84.4. The molecule has 0 amide bonds. The monoisotopic (exact) mass is 112 g/mol. The van der Waals surface area contributed by atoms with Crippen LogP contribution >= 0.6 is 0 Å². The summed E-state index contributed by atoms with van der Waals surface area (Å²) < 4.78 is 0. The van der Waals surface area contributed by atoms with E-state index < -0.39 is 0 Å². The second-order valence-corrected chi connectivity index (χ2v) is 1.84. The molecule has 0 radical (unpaired) electrons. The first-order valence-corrected chi connectivity index (χ1v) is 2.73. The van der Waals surface area contributed by atoms with Gasteiger partial charge >= 0.3 is 0 Å². The molecule has 0 aromatic rings. The van der Waals surface area contributed by atoms with Gasteiger partial charge < -0.3 is 5.11 Å². The molecule has 46 valence electrons. The van der Waals surface area contributed by atoms with Crippen molar-refractivity contribution in [1.82, 2.24) is 0 Å². The molecule has 1 unspecified atom stereocenters. The lowest BCUT2D eigenvalue weighted by Gasteiger charge is -1.96. The zero-order valence-electron chi connectivity index (χ0n) is 5.17. The molecule has 1 atom stereocenters. The molecule has 0 bridgehead atoms. The highest BCUT2D eigenvalue weighted by atomic mass is 16.2. The Kier molecular flexibility index (Phi) is 4.04. The number of allylic oxidation sites excluding steroid dienone is 2. The average Bonchev–Trinajstić information content (AvgIpc) is 1.68. The van der Waals surface area contributed by atoms with Gasteiger partial charge in [0.25, 0.3) is 0 Å². The third-order valence-electron chi connectivity index (χ3n) is 0.953. The van der Waals surface area contributed by atoms with Gasteiger partial charge in [0.15, 0.2) is 0 Å². The maximum atomic E-state index is 8.25. The van der Waals surface area contributed by atoms with Crippen molar-refractivity contribution in [3.05, 3.63) is 25.0 Å². The van der Waals surface area contributed by atoms with Gasteiger partial charge in [0.1, 0.15) is 0 Å². The molecule has 0 aliphatic heterocycles. The smallest absolute Gasteiger partial charge is 0.0754 e. The fourth-order valence-electron chi connectivity index (χ4n) is 0.488. The van der Waals surface area contributed by atoms with E-state index in [1.54, 1.807) is 6.08 Å². The van der Waals surface area contributed by atoms with Crippen LogP contribution < -0.4 is 0 Å². The van der Waals surface area contributed by atoms with E-state index in [0.717, 1.165) is 12.7 Å². The van der Waals surface area contributed by atoms with Gasteiger partial charge in [-0.1, -0.05) is 13.0 Å². The molecular weight excluding hydrogens is 100 g/mol. The minimum absolute atomic E-state index is 0.414. The predicted octanol–water partition coefficient (Wildman–Crippen LogP) is 2.27. The average molecular weight is 112 g/mol. The van der Waals surface area contributed by atoms with E-state index in [1.165, 1.54) is 0 Å². The molecule has 0 rings (SSSR count). The Morgan fingerprint density at radius 3 is 2.75 bits per heavy atom. The third-order valence-corrected chi connectivity index (χ3v) is 0.953. The summed E-state index contributed by atoms with van der Waals surface area (Å²) >= 11 is 0. The molecule has 0 aliphatic carbocycles. The SMILES string of the molecule is C=CCC(C)C=CO. The van der Waals surface area contributed by atoms with Crippen LogP contribution in [0, 0.1) is 5.92 Å². The van der Waals surface area contributed by atoms with Gasteiger partial charge in [-0.2, -0.15) is 0 Å². The summed E-state index contributed by atoms with van der Waals surface area (Å²) in [6.07, 6.45) is 5.58. The van der Waals surface area contributed by atoms with Crippen LogP contribution in [0.5, 0.6) is 0 Å². The molecule has 1 heteroatoms. The zero-order chi connectivity index (χ0) is 6.41. The van der Waals surface area contributed by atoms with Gasteiger partial charge in [-0.25, -0.2) is 0 Å². The van der Waals surface area contributed by atoms with Crippen molar-refractivity contribution in [3.8, 4) is 0 Å². The van der Waals surface area contributed by atoms with Crippen LogP contribution in [0.2, 0.25) is 0 Å². The fourth-order valence-corrected chi connectivity index (χ4v) is 0.488. The molecule has 1 nitrogen and oxygen atoms in total.